The van der Waals surface area contributed by atoms with Crippen molar-refractivity contribution in [1.82, 2.24) is 0 Å². The zero-order valence-electron chi connectivity index (χ0n) is 6.33. The molecule has 0 aromatic carbocycles. The van der Waals surface area contributed by atoms with Gasteiger partial charge in [-0.25, -0.2) is 0 Å². The van der Waals surface area contributed by atoms with Crippen molar-refractivity contribution in [3.63, 3.8) is 0 Å². The van der Waals surface area contributed by atoms with E-state index in [1.807, 2.05) is 0 Å². The Morgan fingerprint density at radius 2 is 0.615 bits per heavy atom. The Hall–Kier alpha value is 5.78. The molecule has 0 heterocycles. The van der Waals surface area contributed by atoms with Crippen LogP contribution in [0.25, 0.3) is 0 Å². The first kappa shape index (κ1) is 42.8. The molecule has 13 heavy (non-hydrogen) atoms. The molecule has 0 rings (SSSR count). The Balaban J connectivity index is -0.00000000800. The van der Waals surface area contributed by atoms with Crippen LogP contribution < -0.4 is 22.1 Å². The quantitative estimate of drug-likeness (QED) is 0.229. The standard InChI is InChI=1S/3Ba.2FH.6O.2Zr/h;;;2*1H;;;;;;;;/q3*+2;;;;;4*-1;;/p-2. The fourth-order valence-electron chi connectivity index (χ4n) is 0. The first-order chi connectivity index (χ1) is 3.46. The van der Waals surface area contributed by atoms with Gasteiger partial charge in [-0.2, -0.15) is 0 Å². The van der Waals surface area contributed by atoms with E-state index in [4.69, 9.17) is 18.4 Å². The van der Waals surface area contributed by atoms with Crippen LogP contribution in [0.3, 0.4) is 0 Å². The molecule has 0 saturated heterocycles. The molecule has 64 valence electrons. The van der Waals surface area contributed by atoms with Gasteiger partial charge in [0.15, 0.2) is 0 Å². The van der Waals surface area contributed by atoms with E-state index in [1.165, 1.54) is 0 Å². The van der Waals surface area contributed by atoms with Gasteiger partial charge in [0.25, 0.3) is 0 Å². The van der Waals surface area contributed by atoms with Crippen LogP contribution in [0.2, 0.25) is 0 Å². The Morgan fingerprint density at radius 1 is 0.615 bits per heavy atom. The van der Waals surface area contributed by atoms with Gasteiger partial charge in [0, 0.05) is 0 Å². The molecule has 0 amide bonds. The van der Waals surface area contributed by atoms with Crippen molar-refractivity contribution in [2.24, 2.45) is 0 Å². The maximum atomic E-state index is 8.61. The van der Waals surface area contributed by atoms with E-state index in [2.05, 4.69) is 0 Å². The van der Waals surface area contributed by atoms with Crippen LogP contribution in [0.5, 0.6) is 0 Å². The number of hydrogen-bond acceptors (Lipinski definition) is 6. The molecule has 0 aromatic rings. The van der Waals surface area contributed by atoms with Crippen LogP contribution in [0, 0.1) is 0 Å². The van der Waals surface area contributed by atoms with E-state index in [0.29, 0.717) is 0 Å². The van der Waals surface area contributed by atoms with Gasteiger partial charge in [-0.3, -0.25) is 0 Å². The molecule has 0 bridgehead atoms. The summed E-state index contributed by atoms with van der Waals surface area (Å²) in [7, 11) is 0. The third-order valence-corrected chi connectivity index (χ3v) is 0. The summed E-state index contributed by atoms with van der Waals surface area (Å²) >= 11 is -8.59. The predicted octanol–water partition coefficient (Wildman–Crippen LogP) is -12.1. The van der Waals surface area contributed by atoms with Crippen molar-refractivity contribution in [2.75, 3.05) is 0 Å². The topological polar surface area (TPSA) is 126 Å². The molecule has 0 aliphatic rings. The van der Waals surface area contributed by atoms with Gasteiger partial charge >= 0.3 is 210 Å². The Bertz CT molecular complexity index is 81.9. The molecule has 0 aromatic heterocycles. The van der Waals surface area contributed by atoms with Crippen molar-refractivity contribution >= 4 is 147 Å². The maximum absolute atomic E-state index is 8.61. The molecule has 0 fully saturated rings. The van der Waals surface area contributed by atoms with Gasteiger partial charge in [-0.1, -0.05) is 0 Å². The fourth-order valence-corrected chi connectivity index (χ4v) is 0. The number of rotatable bonds is 0. The summed E-state index contributed by atoms with van der Waals surface area (Å²) in [5.74, 6) is 0. The summed E-state index contributed by atoms with van der Waals surface area (Å²) in [6.45, 7) is 0. The van der Waals surface area contributed by atoms with Gasteiger partial charge in [0.05, 0.1) is 0 Å². The van der Waals surface area contributed by atoms with Crippen LogP contribution in [0.4, 0.5) is 0 Å². The van der Waals surface area contributed by atoms with Gasteiger partial charge in [0.2, 0.25) is 0 Å². The summed E-state index contributed by atoms with van der Waals surface area (Å²) in [6, 6.07) is 0. The van der Waals surface area contributed by atoms with Crippen molar-refractivity contribution in [1.29, 1.82) is 0 Å². The van der Waals surface area contributed by atoms with E-state index >= 15 is 0 Å². The second-order valence-corrected chi connectivity index (χ2v) is 2.96. The third kappa shape index (κ3) is 133. The molecular formula is Ba3F2O6Zr2. The normalized spacial score (nSPS) is 4.00. The molecule has 0 aliphatic carbocycles. The first-order valence-corrected chi connectivity index (χ1v) is 7.25. The Labute approximate surface area is 212 Å². The van der Waals surface area contributed by atoms with E-state index in [1.54, 1.807) is 0 Å². The van der Waals surface area contributed by atoms with Gasteiger partial charge in [-0.15, -0.1) is 0 Å². The van der Waals surface area contributed by atoms with Crippen LogP contribution in [0.15, 0.2) is 0 Å². The molecule has 0 aliphatic heterocycles. The van der Waals surface area contributed by atoms with Crippen molar-refractivity contribution in [3.8, 4) is 0 Å². The zero-order valence-corrected chi connectivity index (χ0v) is 24.6. The Morgan fingerprint density at radius 3 is 0.615 bits per heavy atom. The van der Waals surface area contributed by atoms with Crippen molar-refractivity contribution in [3.05, 3.63) is 0 Å². The zero-order chi connectivity index (χ0) is 7.15. The summed E-state index contributed by atoms with van der Waals surface area (Å²) in [5.41, 5.74) is 0. The molecule has 0 unspecified atom stereocenters. The number of halogens is 2. The van der Waals surface area contributed by atoms with Crippen molar-refractivity contribution < 1.29 is 73.0 Å². The second-order valence-electron chi connectivity index (χ2n) is 0.500. The summed E-state index contributed by atoms with van der Waals surface area (Å²) in [6.07, 6.45) is 0. The SMILES string of the molecule is [Ba+2].[Ba+2].[Ba+2].[F-].[F-].[O]=[Zr]([O-])[O-].[O]=[Zr]([O-])[O-]. The van der Waals surface area contributed by atoms with Crippen LogP contribution in [-0.2, 0) is 50.9 Å². The fraction of sp³-hybridized carbons (Fsp3) is 0. The summed E-state index contributed by atoms with van der Waals surface area (Å²) in [5, 5.41) is 0. The van der Waals surface area contributed by atoms with E-state index in [0.717, 1.165) is 0 Å². The molecular weight excluding hydrogens is 728 g/mol. The molecule has 0 atom stereocenters. The van der Waals surface area contributed by atoms with E-state index in [9.17, 15) is 0 Å². The molecule has 6 nitrogen and oxygen atoms in total. The van der Waals surface area contributed by atoms with Gasteiger partial charge in [-0.05, 0) is 0 Å². The Kier molecular flexibility index (Phi) is 119. The van der Waals surface area contributed by atoms with Crippen LogP contribution in [0.1, 0.15) is 0 Å². The first-order valence-electron chi connectivity index (χ1n) is 1.22. The molecule has 0 N–H and O–H groups in total. The molecule has 0 spiro atoms. The minimum atomic E-state index is -4.29. The van der Waals surface area contributed by atoms with Crippen LogP contribution in [-0.4, -0.2) is 147 Å². The van der Waals surface area contributed by atoms with Crippen molar-refractivity contribution in [2.45, 2.75) is 0 Å². The van der Waals surface area contributed by atoms with Crippen LogP contribution >= 0.6 is 0 Å². The second kappa shape index (κ2) is 36.1. The van der Waals surface area contributed by atoms with Gasteiger partial charge < -0.3 is 9.41 Å². The summed E-state index contributed by atoms with van der Waals surface area (Å²) < 4.78 is 51.7. The third-order valence-electron chi connectivity index (χ3n) is 0. The predicted molar refractivity (Wildman–Crippen MR) is 18.6 cm³/mol. The summed E-state index contributed by atoms with van der Waals surface area (Å²) in [4.78, 5) is 0. The van der Waals surface area contributed by atoms with Gasteiger partial charge in [0.1, 0.15) is 0 Å². The minimum absolute atomic E-state index is 0. The molecule has 0 radical (unpaired) electrons. The average molecular weight is 728 g/mol. The van der Waals surface area contributed by atoms with E-state index < -0.39 is 45.3 Å². The molecule has 13 heteroatoms. The monoisotopic (exact) mass is 727 g/mol. The molecule has 0 saturated carbocycles. The average Bonchev–Trinajstić information content (AvgIpc) is 1.25. The van der Waals surface area contributed by atoms with E-state index in [-0.39, 0.29) is 156 Å². The number of hydrogen-bond donors (Lipinski definition) is 0.